The normalized spacial score (nSPS) is 11.4. The topological polar surface area (TPSA) is 82.8 Å². The van der Waals surface area contributed by atoms with E-state index in [0.29, 0.717) is 15.9 Å². The molecule has 5 aromatic rings. The van der Waals surface area contributed by atoms with E-state index in [2.05, 4.69) is 10.1 Å². The van der Waals surface area contributed by atoms with Gasteiger partial charge >= 0.3 is 5.97 Å². The second-order valence-electron chi connectivity index (χ2n) is 7.81. The average molecular weight is 478 g/mol. The van der Waals surface area contributed by atoms with Gasteiger partial charge in [0.25, 0.3) is 0 Å². The van der Waals surface area contributed by atoms with Crippen LogP contribution in [0.4, 0.5) is 0 Å². The first-order chi connectivity index (χ1) is 15.9. The fourth-order valence-electron chi connectivity index (χ4n) is 4.00. The second-order valence-corrected chi connectivity index (χ2v) is 9.25. The number of hydrogen-bond acceptors (Lipinski definition) is 7. The van der Waals surface area contributed by atoms with Crippen molar-refractivity contribution < 1.29 is 9.53 Å². The molecule has 0 amide bonds. The largest absolute Gasteiger partial charge is 0.469 e. The zero-order chi connectivity index (χ0) is 23.3. The third-order valence-electron chi connectivity index (χ3n) is 5.65. The Balaban J connectivity index is 1.75. The first kappa shape index (κ1) is 21.5. The highest BCUT2D eigenvalue weighted by atomic mass is 35.5. The number of halogens is 1. The zero-order valence-electron chi connectivity index (χ0n) is 18.5. The van der Waals surface area contributed by atoms with Crippen LogP contribution in [0.3, 0.4) is 0 Å². The lowest BCUT2D eigenvalue weighted by Gasteiger charge is -2.13. The maximum absolute atomic E-state index is 12.2. The number of ether oxygens (including phenoxy) is 1. The van der Waals surface area contributed by atoms with Crippen LogP contribution in [0.5, 0.6) is 0 Å². The van der Waals surface area contributed by atoms with Crippen LogP contribution >= 0.6 is 22.9 Å². The lowest BCUT2D eigenvalue weighted by Crippen LogP contribution is -2.07. The van der Waals surface area contributed by atoms with Crippen LogP contribution in [0, 0.1) is 13.8 Å². The molecule has 166 valence electrons. The number of esters is 1. The summed E-state index contributed by atoms with van der Waals surface area (Å²) < 4.78 is 7.69. The minimum absolute atomic E-state index is 0.167. The summed E-state index contributed by atoms with van der Waals surface area (Å²) in [6.07, 6.45) is 1.94. The minimum atomic E-state index is -0.293. The van der Waals surface area contributed by atoms with E-state index >= 15 is 0 Å². The molecule has 0 N–H and O–H groups in total. The van der Waals surface area contributed by atoms with E-state index in [1.54, 1.807) is 10.9 Å². The summed E-state index contributed by atoms with van der Waals surface area (Å²) in [5.74, 6) is 0.257. The molecule has 3 heterocycles. The number of carbonyl (C=O) groups excluding carboxylic acids is 1. The van der Waals surface area contributed by atoms with Crippen molar-refractivity contribution in [3.05, 3.63) is 58.4 Å². The van der Waals surface area contributed by atoms with E-state index in [1.165, 1.54) is 18.4 Å². The molecule has 0 saturated carbocycles. The predicted octanol–water partition coefficient (Wildman–Crippen LogP) is 5.29. The van der Waals surface area contributed by atoms with E-state index in [0.717, 1.165) is 49.2 Å². The van der Waals surface area contributed by atoms with Gasteiger partial charge in [0.05, 0.1) is 35.6 Å². The third kappa shape index (κ3) is 3.75. The Morgan fingerprint density at radius 1 is 1.18 bits per heavy atom. The van der Waals surface area contributed by atoms with Crippen LogP contribution in [0.25, 0.3) is 43.2 Å². The lowest BCUT2D eigenvalue weighted by molar-refractivity contribution is -0.139. The number of aromatic nitrogens is 5. The highest BCUT2D eigenvalue weighted by Gasteiger charge is 2.21. The summed E-state index contributed by atoms with van der Waals surface area (Å²) in [7, 11) is 3.27. The third-order valence-corrected chi connectivity index (χ3v) is 6.98. The van der Waals surface area contributed by atoms with E-state index in [4.69, 9.17) is 26.3 Å². The van der Waals surface area contributed by atoms with Gasteiger partial charge in [0, 0.05) is 17.6 Å². The van der Waals surface area contributed by atoms with Crippen LogP contribution in [-0.4, -0.2) is 37.8 Å². The molecule has 9 heteroatoms. The SMILES string of the molecule is COC(=O)Cc1c(C)cc2nc(-c3ncc4c(n3)c(C)nn4C)sc2c1-c1ccc(Cl)cc1. The number of methoxy groups -OCH3 is 1. The zero-order valence-corrected chi connectivity index (χ0v) is 20.1. The number of thiazole rings is 1. The van der Waals surface area contributed by atoms with E-state index in [1.807, 2.05) is 51.2 Å². The smallest absolute Gasteiger partial charge is 0.310 e. The van der Waals surface area contributed by atoms with Crippen molar-refractivity contribution in [2.24, 2.45) is 7.05 Å². The van der Waals surface area contributed by atoms with Gasteiger partial charge in [0.2, 0.25) is 0 Å². The molecule has 7 nitrogen and oxygen atoms in total. The molecule has 0 unspecified atom stereocenters. The molecule has 0 aliphatic heterocycles. The van der Waals surface area contributed by atoms with Crippen LogP contribution in [-0.2, 0) is 23.0 Å². The van der Waals surface area contributed by atoms with Crippen molar-refractivity contribution in [3.8, 4) is 22.0 Å². The number of hydrogen-bond donors (Lipinski definition) is 0. The summed E-state index contributed by atoms with van der Waals surface area (Å²) in [5, 5.41) is 5.79. The molecule has 0 aliphatic rings. The van der Waals surface area contributed by atoms with Crippen molar-refractivity contribution in [1.82, 2.24) is 24.7 Å². The number of nitrogens with zero attached hydrogens (tertiary/aromatic N) is 5. The molecule has 33 heavy (non-hydrogen) atoms. The molecule has 0 bridgehead atoms. The van der Waals surface area contributed by atoms with Crippen molar-refractivity contribution in [1.29, 1.82) is 0 Å². The molecular weight excluding hydrogens is 458 g/mol. The molecule has 0 aliphatic carbocycles. The van der Waals surface area contributed by atoms with Gasteiger partial charge in [-0.25, -0.2) is 15.0 Å². The standard InChI is InChI=1S/C24H20ClN5O2S/c1-12-9-17-22(20(16(12)10-19(31)32-4)14-5-7-15(25)8-6-14)33-24(27-17)23-26-11-18-21(28-23)13(2)29-30(18)3/h5-9,11H,10H2,1-4H3. The van der Waals surface area contributed by atoms with Crippen LogP contribution in [0.15, 0.2) is 36.5 Å². The van der Waals surface area contributed by atoms with E-state index < -0.39 is 0 Å². The maximum Gasteiger partial charge on any atom is 0.310 e. The molecule has 2 aromatic carbocycles. The Morgan fingerprint density at radius 2 is 1.94 bits per heavy atom. The molecule has 0 atom stereocenters. The Hall–Kier alpha value is -3.36. The van der Waals surface area contributed by atoms with E-state index in [-0.39, 0.29) is 12.4 Å². The number of aryl methyl sites for hydroxylation is 3. The number of carbonyl (C=O) groups is 1. The molecule has 0 saturated heterocycles. The molecular formula is C24H20ClN5O2S. The van der Waals surface area contributed by atoms with Gasteiger partial charge in [-0.15, -0.1) is 11.3 Å². The molecule has 3 aromatic heterocycles. The summed E-state index contributed by atoms with van der Waals surface area (Å²) in [4.78, 5) is 26.4. The fraction of sp³-hybridized carbons (Fsp3) is 0.208. The fourth-order valence-corrected chi connectivity index (χ4v) is 5.21. The first-order valence-electron chi connectivity index (χ1n) is 10.3. The highest BCUT2D eigenvalue weighted by Crippen LogP contribution is 2.40. The van der Waals surface area contributed by atoms with Crippen LogP contribution in [0.2, 0.25) is 5.02 Å². The Labute approximate surface area is 199 Å². The monoisotopic (exact) mass is 477 g/mol. The Bertz CT molecular complexity index is 1540. The van der Waals surface area contributed by atoms with Crippen LogP contribution in [0.1, 0.15) is 16.8 Å². The number of benzene rings is 2. The van der Waals surface area contributed by atoms with Gasteiger partial charge in [0.15, 0.2) is 10.8 Å². The average Bonchev–Trinajstić information content (AvgIpc) is 3.35. The Morgan fingerprint density at radius 3 is 2.67 bits per heavy atom. The highest BCUT2D eigenvalue weighted by molar-refractivity contribution is 7.22. The summed E-state index contributed by atoms with van der Waals surface area (Å²) in [6, 6.07) is 9.60. The first-order valence-corrected chi connectivity index (χ1v) is 11.5. The lowest BCUT2D eigenvalue weighted by atomic mass is 9.93. The van der Waals surface area contributed by atoms with Gasteiger partial charge in [-0.1, -0.05) is 23.7 Å². The molecule has 5 rings (SSSR count). The van der Waals surface area contributed by atoms with Gasteiger partial charge in [-0.2, -0.15) is 5.10 Å². The molecule has 0 fully saturated rings. The summed E-state index contributed by atoms with van der Waals surface area (Å²) in [6.45, 7) is 3.91. The van der Waals surface area contributed by atoms with E-state index in [9.17, 15) is 4.79 Å². The molecule has 0 radical (unpaired) electrons. The van der Waals surface area contributed by atoms with Gasteiger partial charge in [-0.05, 0) is 48.7 Å². The second kappa shape index (κ2) is 8.20. The van der Waals surface area contributed by atoms with Crippen molar-refractivity contribution in [2.75, 3.05) is 7.11 Å². The maximum atomic E-state index is 12.2. The molecule has 0 spiro atoms. The van der Waals surface area contributed by atoms with Gasteiger partial charge in [-0.3, -0.25) is 9.48 Å². The van der Waals surface area contributed by atoms with Crippen LogP contribution < -0.4 is 0 Å². The minimum Gasteiger partial charge on any atom is -0.469 e. The van der Waals surface area contributed by atoms with Gasteiger partial charge in [0.1, 0.15) is 11.0 Å². The number of rotatable bonds is 4. The number of fused-ring (bicyclic) bond motifs is 2. The van der Waals surface area contributed by atoms with Crippen molar-refractivity contribution in [3.63, 3.8) is 0 Å². The van der Waals surface area contributed by atoms with Gasteiger partial charge < -0.3 is 4.74 Å². The quantitative estimate of drug-likeness (QED) is 0.327. The summed E-state index contributed by atoms with van der Waals surface area (Å²) >= 11 is 7.64. The van der Waals surface area contributed by atoms with Crippen molar-refractivity contribution in [2.45, 2.75) is 20.3 Å². The Kier molecular flexibility index (Phi) is 5.34. The summed E-state index contributed by atoms with van der Waals surface area (Å²) in [5.41, 5.74) is 7.14. The predicted molar refractivity (Wildman–Crippen MR) is 131 cm³/mol. The van der Waals surface area contributed by atoms with Crippen molar-refractivity contribution >= 4 is 50.2 Å².